The molecule has 4 atom stereocenters. The van der Waals surface area contributed by atoms with Crippen molar-refractivity contribution in [1.29, 1.82) is 5.26 Å². The van der Waals surface area contributed by atoms with Gasteiger partial charge in [0, 0.05) is 34.2 Å². The topological polar surface area (TPSA) is 103 Å². The molecule has 0 bridgehead atoms. The minimum Gasteiger partial charge on any atom is -0.495 e. The van der Waals surface area contributed by atoms with Gasteiger partial charge in [0.1, 0.15) is 22.8 Å². The molecule has 3 aromatic carbocycles. The summed E-state index contributed by atoms with van der Waals surface area (Å²) < 4.78 is 37.2. The third-order valence-electron chi connectivity index (χ3n) is 7.87. The van der Waals surface area contributed by atoms with Crippen LogP contribution in [0.15, 0.2) is 54.6 Å². The number of nitrogens with zero attached hydrogens (tertiary/aromatic N) is 1. The van der Waals surface area contributed by atoms with E-state index in [4.69, 9.17) is 27.9 Å². The maximum atomic E-state index is 15.9. The maximum Gasteiger partial charge on any atom is 0.251 e. The Hall–Kier alpha value is -3.71. The Balaban J connectivity index is 1.89. The average molecular weight is 658 g/mol. The summed E-state index contributed by atoms with van der Waals surface area (Å²) in [4.78, 5) is 26.8. The molecule has 0 radical (unpaired) electrons. The van der Waals surface area contributed by atoms with Crippen molar-refractivity contribution >= 4 is 40.7 Å². The standard InChI is InChI=1S/C34H36Cl2F2N4O3/c1-18(2)40-31(43)19-10-13-25(26(14-19)45-6)41-32(44)30-28(21-8-7-9-23(36)29(21)38)34(17-39,27(42-30)16-33(3,4)5)22-12-11-20(35)15-24(22)37/h7-15,18,27-28,30,42H,16H2,1-6H3,(H,40,43)(H,41,44)/t27-,28-,30+,34-/m0/s1. The molecule has 0 aliphatic carbocycles. The molecule has 0 saturated carbocycles. The molecule has 3 aromatic rings. The third kappa shape index (κ3) is 6.94. The van der Waals surface area contributed by atoms with Crippen LogP contribution in [0, 0.1) is 28.4 Å². The highest BCUT2D eigenvalue weighted by atomic mass is 35.5. The highest BCUT2D eigenvalue weighted by Gasteiger charge is 2.61. The summed E-state index contributed by atoms with van der Waals surface area (Å²) >= 11 is 12.3. The summed E-state index contributed by atoms with van der Waals surface area (Å²) in [6.07, 6.45) is 0.327. The summed E-state index contributed by atoms with van der Waals surface area (Å²) in [5.41, 5.74) is -1.62. The second kappa shape index (κ2) is 13.3. The first kappa shape index (κ1) is 34.2. The molecular weight excluding hydrogens is 621 g/mol. The summed E-state index contributed by atoms with van der Waals surface area (Å²) in [5, 5.41) is 19.8. The molecule has 3 N–H and O–H groups in total. The molecule has 0 unspecified atom stereocenters. The fourth-order valence-electron chi connectivity index (χ4n) is 6.05. The molecule has 1 aliphatic heterocycles. The van der Waals surface area contributed by atoms with Gasteiger partial charge in [0.25, 0.3) is 5.91 Å². The molecule has 0 aromatic heterocycles. The summed E-state index contributed by atoms with van der Waals surface area (Å²) in [6, 6.07) is 13.1. The first-order valence-corrected chi connectivity index (χ1v) is 15.2. The molecule has 7 nitrogen and oxygen atoms in total. The Morgan fingerprint density at radius 2 is 1.82 bits per heavy atom. The van der Waals surface area contributed by atoms with Crippen molar-refractivity contribution in [3.63, 3.8) is 0 Å². The predicted octanol–water partition coefficient (Wildman–Crippen LogP) is 7.38. The van der Waals surface area contributed by atoms with E-state index in [0.717, 1.165) is 6.07 Å². The van der Waals surface area contributed by atoms with Gasteiger partial charge in [0.15, 0.2) is 0 Å². The van der Waals surface area contributed by atoms with Gasteiger partial charge in [-0.3, -0.25) is 9.59 Å². The van der Waals surface area contributed by atoms with E-state index in [1.54, 1.807) is 0 Å². The molecule has 1 fully saturated rings. The van der Waals surface area contributed by atoms with Crippen molar-refractivity contribution in [3.8, 4) is 11.8 Å². The van der Waals surface area contributed by atoms with Gasteiger partial charge in [-0.2, -0.15) is 5.26 Å². The van der Waals surface area contributed by atoms with Crippen LogP contribution in [0.1, 0.15) is 68.4 Å². The van der Waals surface area contributed by atoms with Crippen molar-refractivity contribution in [2.45, 2.75) is 70.5 Å². The lowest BCUT2D eigenvalue weighted by atomic mass is 9.62. The Bertz CT molecular complexity index is 1650. The van der Waals surface area contributed by atoms with Gasteiger partial charge in [0.2, 0.25) is 5.91 Å². The number of amides is 2. The first-order chi connectivity index (χ1) is 21.1. The lowest BCUT2D eigenvalue weighted by molar-refractivity contribution is -0.118. The Labute approximate surface area is 272 Å². The summed E-state index contributed by atoms with van der Waals surface area (Å²) in [5.74, 6) is -3.52. The quantitative estimate of drug-likeness (QED) is 0.235. The van der Waals surface area contributed by atoms with E-state index in [9.17, 15) is 14.9 Å². The smallest absolute Gasteiger partial charge is 0.251 e. The lowest BCUT2D eigenvalue weighted by Gasteiger charge is -2.37. The molecule has 2 amide bonds. The van der Waals surface area contributed by atoms with Gasteiger partial charge >= 0.3 is 0 Å². The molecule has 1 heterocycles. The number of nitrogens with one attached hydrogen (secondary N) is 3. The van der Waals surface area contributed by atoms with E-state index in [0.29, 0.717) is 12.0 Å². The lowest BCUT2D eigenvalue weighted by Crippen LogP contribution is -2.45. The molecule has 11 heteroatoms. The number of hydrogen-bond donors (Lipinski definition) is 3. The monoisotopic (exact) mass is 656 g/mol. The van der Waals surface area contributed by atoms with Crippen LogP contribution >= 0.6 is 23.2 Å². The minimum atomic E-state index is -1.77. The van der Waals surface area contributed by atoms with Crippen molar-refractivity contribution in [2.24, 2.45) is 5.41 Å². The SMILES string of the molecule is COc1cc(C(=O)NC(C)C)ccc1NC(=O)[C@@H]1N[C@@H](CC(C)(C)C)[C@](C#N)(c2ccc(Cl)cc2F)[C@H]1c1cccc(Cl)c1F. The number of halogens is 4. The molecule has 238 valence electrons. The summed E-state index contributed by atoms with van der Waals surface area (Å²) in [6.45, 7) is 9.54. The van der Waals surface area contributed by atoms with Crippen LogP contribution in [0.3, 0.4) is 0 Å². The van der Waals surface area contributed by atoms with Crippen LogP contribution in [-0.2, 0) is 10.2 Å². The Kier molecular flexibility index (Phi) is 10.1. The van der Waals surface area contributed by atoms with Crippen LogP contribution in [0.5, 0.6) is 5.75 Å². The maximum absolute atomic E-state index is 15.9. The largest absolute Gasteiger partial charge is 0.495 e. The summed E-state index contributed by atoms with van der Waals surface area (Å²) in [7, 11) is 1.40. The van der Waals surface area contributed by atoms with Gasteiger partial charge in [-0.15, -0.1) is 0 Å². The number of methoxy groups -OCH3 is 1. The zero-order valence-electron chi connectivity index (χ0n) is 25.9. The van der Waals surface area contributed by atoms with Crippen molar-refractivity contribution in [2.75, 3.05) is 12.4 Å². The molecule has 45 heavy (non-hydrogen) atoms. The van der Waals surface area contributed by atoms with Crippen LogP contribution in [0.4, 0.5) is 14.5 Å². The van der Waals surface area contributed by atoms with Crippen LogP contribution in [-0.4, -0.2) is 37.0 Å². The number of anilines is 1. The second-order valence-corrected chi connectivity index (χ2v) is 13.6. The number of ether oxygens (including phenoxy) is 1. The van der Waals surface area contributed by atoms with E-state index in [-0.39, 0.29) is 50.0 Å². The zero-order valence-corrected chi connectivity index (χ0v) is 27.4. The molecular formula is C34H36Cl2F2N4O3. The van der Waals surface area contributed by atoms with Crippen LogP contribution < -0.4 is 20.7 Å². The number of carbonyl (C=O) groups excluding carboxylic acids is 2. The first-order valence-electron chi connectivity index (χ1n) is 14.5. The third-order valence-corrected chi connectivity index (χ3v) is 8.40. The number of carbonyl (C=O) groups is 2. The molecule has 1 aliphatic rings. The van der Waals surface area contributed by atoms with E-state index in [1.807, 2.05) is 34.6 Å². The van der Waals surface area contributed by atoms with E-state index < -0.39 is 41.0 Å². The zero-order chi connectivity index (χ0) is 33.3. The fourth-order valence-corrected chi connectivity index (χ4v) is 6.39. The normalized spacial score (nSPS) is 21.3. The van der Waals surface area contributed by atoms with Crippen molar-refractivity contribution in [3.05, 3.63) is 93.0 Å². The van der Waals surface area contributed by atoms with Crippen LogP contribution in [0.25, 0.3) is 0 Å². The fraction of sp³-hybridized carbons (Fsp3) is 0.382. The molecule has 1 saturated heterocycles. The van der Waals surface area contributed by atoms with Gasteiger partial charge in [-0.25, -0.2) is 8.78 Å². The number of benzene rings is 3. The van der Waals surface area contributed by atoms with Crippen molar-refractivity contribution < 1.29 is 23.1 Å². The van der Waals surface area contributed by atoms with E-state index >= 15 is 8.78 Å². The molecule has 4 rings (SSSR count). The second-order valence-electron chi connectivity index (χ2n) is 12.7. The van der Waals surface area contributed by atoms with Crippen molar-refractivity contribution in [1.82, 2.24) is 10.6 Å². The van der Waals surface area contributed by atoms with Gasteiger partial charge in [0.05, 0.1) is 29.9 Å². The van der Waals surface area contributed by atoms with Gasteiger partial charge in [-0.1, -0.05) is 62.2 Å². The Morgan fingerprint density at radius 3 is 2.42 bits per heavy atom. The number of hydrogen-bond acceptors (Lipinski definition) is 5. The highest BCUT2D eigenvalue weighted by molar-refractivity contribution is 6.31. The van der Waals surface area contributed by atoms with E-state index in [2.05, 4.69) is 22.0 Å². The predicted molar refractivity (Wildman–Crippen MR) is 172 cm³/mol. The van der Waals surface area contributed by atoms with E-state index in [1.165, 1.54) is 55.6 Å². The minimum absolute atomic E-state index is 0.0184. The number of rotatable bonds is 8. The molecule has 0 spiro atoms. The van der Waals surface area contributed by atoms with Gasteiger partial charge < -0.3 is 20.7 Å². The number of nitriles is 1. The van der Waals surface area contributed by atoms with Crippen LogP contribution in [0.2, 0.25) is 10.0 Å². The Morgan fingerprint density at radius 1 is 1.11 bits per heavy atom. The average Bonchev–Trinajstić information content (AvgIpc) is 3.27. The highest BCUT2D eigenvalue weighted by Crippen LogP contribution is 2.53. The van der Waals surface area contributed by atoms with Gasteiger partial charge in [-0.05, 0) is 67.6 Å².